The van der Waals surface area contributed by atoms with Crippen molar-refractivity contribution >= 4 is 17.3 Å². The van der Waals surface area contributed by atoms with Crippen LogP contribution in [0.4, 0.5) is 5.69 Å². The maximum absolute atomic E-state index is 10.6. The van der Waals surface area contributed by atoms with Gasteiger partial charge < -0.3 is 10.1 Å². The second kappa shape index (κ2) is 7.09. The maximum atomic E-state index is 10.6. The maximum Gasteiger partial charge on any atom is 0.273 e. The van der Waals surface area contributed by atoms with Crippen LogP contribution in [0.5, 0.6) is 5.75 Å². The van der Waals surface area contributed by atoms with Gasteiger partial charge >= 0.3 is 0 Å². The van der Waals surface area contributed by atoms with Crippen LogP contribution in [0.3, 0.4) is 0 Å². The molecular weight excluding hydrogens is 244 g/mol. The van der Waals surface area contributed by atoms with Crippen LogP contribution in [0, 0.1) is 10.1 Å². The molecule has 0 fully saturated rings. The molecule has 1 aromatic rings. The quantitative estimate of drug-likeness (QED) is 0.464. The Morgan fingerprint density at radius 1 is 1.47 bits per heavy atom. The van der Waals surface area contributed by atoms with Gasteiger partial charge in [-0.05, 0) is 19.0 Å². The molecule has 0 atom stereocenters. The lowest BCUT2D eigenvalue weighted by Gasteiger charge is -2.08. The van der Waals surface area contributed by atoms with Gasteiger partial charge in [0.25, 0.3) is 5.69 Å². The van der Waals surface area contributed by atoms with Crippen LogP contribution in [0.2, 0.25) is 5.02 Å². The van der Waals surface area contributed by atoms with Crippen molar-refractivity contribution in [2.24, 2.45) is 0 Å². The summed E-state index contributed by atoms with van der Waals surface area (Å²) in [5.41, 5.74) is -0.0223. The van der Waals surface area contributed by atoms with Crippen LogP contribution in [0.15, 0.2) is 18.2 Å². The van der Waals surface area contributed by atoms with Gasteiger partial charge in [0.1, 0.15) is 12.4 Å². The molecule has 0 bridgehead atoms. The molecular formula is C11H15ClN2O3. The zero-order chi connectivity index (χ0) is 12.7. The van der Waals surface area contributed by atoms with Gasteiger partial charge in [-0.25, -0.2) is 0 Å². The number of benzene rings is 1. The molecule has 0 saturated heterocycles. The lowest BCUT2D eigenvalue weighted by molar-refractivity contribution is -0.384. The van der Waals surface area contributed by atoms with Crippen LogP contribution >= 0.6 is 11.6 Å². The van der Waals surface area contributed by atoms with Crippen molar-refractivity contribution in [3.8, 4) is 5.75 Å². The van der Waals surface area contributed by atoms with Crippen molar-refractivity contribution in [3.63, 3.8) is 0 Å². The first-order chi connectivity index (χ1) is 8.15. The summed E-state index contributed by atoms with van der Waals surface area (Å²) in [7, 11) is 0. The van der Waals surface area contributed by atoms with E-state index in [0.29, 0.717) is 23.9 Å². The predicted molar refractivity (Wildman–Crippen MR) is 66.8 cm³/mol. The zero-order valence-electron chi connectivity index (χ0n) is 9.61. The number of halogens is 1. The summed E-state index contributed by atoms with van der Waals surface area (Å²) in [5.74, 6) is 0.346. The van der Waals surface area contributed by atoms with Crippen LogP contribution < -0.4 is 10.1 Å². The summed E-state index contributed by atoms with van der Waals surface area (Å²) in [6.07, 6.45) is 1.05. The molecule has 0 aliphatic rings. The van der Waals surface area contributed by atoms with Crippen LogP contribution in [0.25, 0.3) is 0 Å². The van der Waals surface area contributed by atoms with E-state index < -0.39 is 4.92 Å². The molecule has 1 N–H and O–H groups in total. The highest BCUT2D eigenvalue weighted by atomic mass is 35.5. The average Bonchev–Trinajstić information content (AvgIpc) is 2.30. The fourth-order valence-electron chi connectivity index (χ4n) is 1.25. The number of non-ortho nitro benzene ring substituents is 1. The van der Waals surface area contributed by atoms with E-state index in [1.807, 2.05) is 0 Å². The Morgan fingerprint density at radius 3 is 2.88 bits per heavy atom. The Labute approximate surface area is 105 Å². The van der Waals surface area contributed by atoms with Crippen LogP contribution in [0.1, 0.15) is 13.3 Å². The zero-order valence-corrected chi connectivity index (χ0v) is 10.4. The van der Waals surface area contributed by atoms with Crippen molar-refractivity contribution in [1.29, 1.82) is 0 Å². The molecule has 1 rings (SSSR count). The lowest BCUT2D eigenvalue weighted by atomic mass is 10.3. The van der Waals surface area contributed by atoms with E-state index in [0.717, 1.165) is 13.0 Å². The van der Waals surface area contributed by atoms with Gasteiger partial charge in [-0.15, -0.1) is 0 Å². The Hall–Kier alpha value is -1.33. The molecule has 0 amide bonds. The summed E-state index contributed by atoms with van der Waals surface area (Å²) in [6.45, 7) is 4.12. The van der Waals surface area contributed by atoms with Crippen LogP contribution in [-0.2, 0) is 0 Å². The first kappa shape index (κ1) is 13.7. The first-order valence-electron chi connectivity index (χ1n) is 5.42. The summed E-state index contributed by atoms with van der Waals surface area (Å²) >= 11 is 5.87. The van der Waals surface area contributed by atoms with Crippen molar-refractivity contribution in [1.82, 2.24) is 5.32 Å². The molecule has 6 heteroatoms. The van der Waals surface area contributed by atoms with Crippen LogP contribution in [-0.4, -0.2) is 24.6 Å². The molecule has 0 spiro atoms. The SMILES string of the molecule is CCCNCCOc1cc([N+](=O)[O-])ccc1Cl. The van der Waals surface area contributed by atoms with Gasteiger partial charge in [0, 0.05) is 12.6 Å². The third-order valence-electron chi connectivity index (χ3n) is 2.09. The Balaban J connectivity index is 2.51. The minimum Gasteiger partial charge on any atom is -0.490 e. The molecule has 17 heavy (non-hydrogen) atoms. The van der Waals surface area contributed by atoms with E-state index >= 15 is 0 Å². The van der Waals surface area contributed by atoms with Crippen molar-refractivity contribution in [2.75, 3.05) is 19.7 Å². The Kier molecular flexibility index (Phi) is 5.72. The van der Waals surface area contributed by atoms with Gasteiger partial charge in [-0.2, -0.15) is 0 Å². The van der Waals surface area contributed by atoms with Gasteiger partial charge in [-0.1, -0.05) is 18.5 Å². The Bertz CT molecular complexity index is 385. The molecule has 5 nitrogen and oxygen atoms in total. The van der Waals surface area contributed by atoms with Gasteiger partial charge in [0.15, 0.2) is 0 Å². The van der Waals surface area contributed by atoms with E-state index in [1.54, 1.807) is 0 Å². The van der Waals surface area contributed by atoms with Gasteiger partial charge in [0.2, 0.25) is 0 Å². The number of nitrogens with zero attached hydrogens (tertiary/aromatic N) is 1. The molecule has 0 aromatic heterocycles. The molecule has 0 heterocycles. The second-order valence-electron chi connectivity index (χ2n) is 3.47. The summed E-state index contributed by atoms with van der Waals surface area (Å²) in [5, 5.41) is 14.1. The number of nitro benzene ring substituents is 1. The minimum atomic E-state index is -0.474. The van der Waals surface area contributed by atoms with Gasteiger partial charge in [-0.3, -0.25) is 10.1 Å². The van der Waals surface area contributed by atoms with Crippen molar-refractivity contribution < 1.29 is 9.66 Å². The van der Waals surface area contributed by atoms with Gasteiger partial charge in [0.05, 0.1) is 16.0 Å². The number of ether oxygens (including phenoxy) is 1. The smallest absolute Gasteiger partial charge is 0.273 e. The van der Waals surface area contributed by atoms with Crippen molar-refractivity contribution in [3.05, 3.63) is 33.3 Å². The average molecular weight is 259 g/mol. The molecule has 0 radical (unpaired) electrons. The van der Waals surface area contributed by atoms with E-state index in [2.05, 4.69) is 12.2 Å². The predicted octanol–water partition coefficient (Wildman–Crippen LogP) is 2.63. The third-order valence-corrected chi connectivity index (χ3v) is 2.40. The summed E-state index contributed by atoms with van der Waals surface area (Å²) < 4.78 is 5.38. The molecule has 0 aliphatic carbocycles. The molecule has 0 saturated carbocycles. The number of nitro groups is 1. The first-order valence-corrected chi connectivity index (χ1v) is 5.80. The number of hydrogen-bond donors (Lipinski definition) is 1. The number of nitrogens with one attached hydrogen (secondary N) is 1. The summed E-state index contributed by atoms with van der Waals surface area (Å²) in [4.78, 5) is 10.1. The standard InChI is InChI=1S/C11H15ClN2O3/c1-2-5-13-6-7-17-11-8-9(14(15)16)3-4-10(11)12/h3-4,8,13H,2,5-7H2,1H3. The number of hydrogen-bond acceptors (Lipinski definition) is 4. The fourth-order valence-corrected chi connectivity index (χ4v) is 1.42. The molecule has 94 valence electrons. The highest BCUT2D eigenvalue weighted by Gasteiger charge is 2.10. The minimum absolute atomic E-state index is 0.0223. The van der Waals surface area contributed by atoms with E-state index in [9.17, 15) is 10.1 Å². The second-order valence-corrected chi connectivity index (χ2v) is 3.88. The fraction of sp³-hybridized carbons (Fsp3) is 0.455. The Morgan fingerprint density at radius 2 is 2.24 bits per heavy atom. The monoisotopic (exact) mass is 258 g/mol. The molecule has 0 unspecified atom stereocenters. The lowest BCUT2D eigenvalue weighted by Crippen LogP contribution is -2.21. The summed E-state index contributed by atoms with van der Waals surface area (Å²) in [6, 6.07) is 4.15. The van der Waals surface area contributed by atoms with Crippen molar-refractivity contribution in [2.45, 2.75) is 13.3 Å². The van der Waals surface area contributed by atoms with E-state index in [4.69, 9.17) is 16.3 Å². The third kappa shape index (κ3) is 4.58. The highest BCUT2D eigenvalue weighted by Crippen LogP contribution is 2.28. The highest BCUT2D eigenvalue weighted by molar-refractivity contribution is 6.32. The number of rotatable bonds is 7. The topological polar surface area (TPSA) is 64.4 Å². The largest absolute Gasteiger partial charge is 0.490 e. The molecule has 0 aliphatic heterocycles. The van der Waals surface area contributed by atoms with E-state index in [-0.39, 0.29) is 5.69 Å². The normalized spacial score (nSPS) is 10.2. The van der Waals surface area contributed by atoms with E-state index in [1.165, 1.54) is 18.2 Å². The molecule has 1 aromatic carbocycles.